The Morgan fingerprint density at radius 1 is 1.37 bits per heavy atom. The monoisotopic (exact) mass is 278 g/mol. The Hall–Kier alpha value is -2.07. The molecule has 7 heteroatoms. The fourth-order valence-corrected chi connectivity index (χ4v) is 2.45. The van der Waals surface area contributed by atoms with Gasteiger partial charge in [-0.15, -0.1) is 0 Å². The quantitative estimate of drug-likeness (QED) is 0.504. The van der Waals surface area contributed by atoms with Gasteiger partial charge in [-0.1, -0.05) is 0 Å². The van der Waals surface area contributed by atoms with Crippen LogP contribution in [0.5, 0.6) is 0 Å². The molecule has 1 atom stereocenters. The molecule has 0 aliphatic rings. The molecule has 0 aliphatic carbocycles. The molecule has 0 aliphatic heterocycles. The van der Waals surface area contributed by atoms with Crippen molar-refractivity contribution in [2.75, 3.05) is 25.2 Å². The maximum atomic E-state index is 11.6. The number of carbonyl (C=O) groups excluding carboxylic acids is 1. The molecule has 0 saturated carbocycles. The largest absolute Gasteiger partial charge is 0.465 e. The van der Waals surface area contributed by atoms with E-state index in [1.807, 2.05) is 6.66 Å². The molecule has 19 heavy (non-hydrogen) atoms. The minimum absolute atomic E-state index is 0.412. The molecule has 0 radical (unpaired) electrons. The molecule has 0 spiro atoms. The van der Waals surface area contributed by atoms with Crippen molar-refractivity contribution in [2.24, 2.45) is 0 Å². The molecule has 0 fully saturated rings. The van der Waals surface area contributed by atoms with Crippen LogP contribution in [-0.2, 0) is 4.74 Å². The lowest BCUT2D eigenvalue weighted by Crippen LogP contribution is -2.04. The second-order valence-corrected chi connectivity index (χ2v) is 4.75. The van der Waals surface area contributed by atoms with Crippen molar-refractivity contribution in [3.05, 3.63) is 30.0 Å². The van der Waals surface area contributed by atoms with Crippen LogP contribution in [0.2, 0.25) is 0 Å². The summed E-state index contributed by atoms with van der Waals surface area (Å²) in [5, 5.41) is 4.18. The van der Waals surface area contributed by atoms with E-state index in [9.17, 15) is 4.79 Å². The SMILES string of the molecule is COC(=O)c1ccc(N)c(-c2c(N)cnn2PC)c1. The lowest BCUT2D eigenvalue weighted by atomic mass is 10.1. The van der Waals surface area contributed by atoms with E-state index in [1.54, 1.807) is 28.8 Å². The highest BCUT2D eigenvalue weighted by Crippen LogP contribution is 2.34. The van der Waals surface area contributed by atoms with Crippen molar-refractivity contribution in [3.63, 3.8) is 0 Å². The van der Waals surface area contributed by atoms with E-state index >= 15 is 0 Å². The maximum absolute atomic E-state index is 11.6. The van der Waals surface area contributed by atoms with Gasteiger partial charge in [0.2, 0.25) is 0 Å². The van der Waals surface area contributed by atoms with Crippen LogP contribution < -0.4 is 11.5 Å². The second-order valence-electron chi connectivity index (χ2n) is 3.88. The standard InChI is InChI=1S/C12H15N4O2P/c1-18-12(17)7-3-4-9(13)8(5-7)11-10(14)6-15-16(11)19-2/h3-6,19H,13-14H2,1-2H3. The Morgan fingerprint density at radius 2 is 2.11 bits per heavy atom. The van der Waals surface area contributed by atoms with Gasteiger partial charge >= 0.3 is 5.97 Å². The Kier molecular flexibility index (Phi) is 3.71. The van der Waals surface area contributed by atoms with Crippen LogP contribution in [0.25, 0.3) is 11.3 Å². The van der Waals surface area contributed by atoms with Crippen molar-refractivity contribution < 1.29 is 9.53 Å². The van der Waals surface area contributed by atoms with Crippen LogP contribution >= 0.6 is 8.73 Å². The number of esters is 1. The summed E-state index contributed by atoms with van der Waals surface area (Å²) in [5.41, 5.74) is 14.8. The first-order valence-electron chi connectivity index (χ1n) is 5.58. The van der Waals surface area contributed by atoms with Crippen LogP contribution in [0.4, 0.5) is 11.4 Å². The average Bonchev–Trinajstić information content (AvgIpc) is 2.79. The van der Waals surface area contributed by atoms with Gasteiger partial charge in [0, 0.05) is 20.0 Å². The summed E-state index contributed by atoms with van der Waals surface area (Å²) in [6, 6.07) is 4.96. The normalized spacial score (nSPS) is 11.1. The zero-order chi connectivity index (χ0) is 14.0. The first kappa shape index (κ1) is 13.4. The molecule has 1 aromatic heterocycles. The lowest BCUT2D eigenvalue weighted by molar-refractivity contribution is 0.0601. The van der Waals surface area contributed by atoms with Crippen LogP contribution in [0.3, 0.4) is 0 Å². The number of carbonyl (C=O) groups is 1. The third-order valence-electron chi connectivity index (χ3n) is 2.74. The minimum Gasteiger partial charge on any atom is -0.465 e. The Morgan fingerprint density at radius 3 is 2.74 bits per heavy atom. The number of nitrogens with two attached hydrogens (primary N) is 2. The first-order valence-corrected chi connectivity index (χ1v) is 7.02. The van der Waals surface area contributed by atoms with Gasteiger partial charge in [0.1, 0.15) is 0 Å². The first-order chi connectivity index (χ1) is 9.08. The second kappa shape index (κ2) is 5.28. The third-order valence-corrected chi connectivity index (χ3v) is 3.50. The lowest BCUT2D eigenvalue weighted by Gasteiger charge is -2.10. The highest BCUT2D eigenvalue weighted by atomic mass is 31.1. The zero-order valence-corrected chi connectivity index (χ0v) is 11.7. The smallest absolute Gasteiger partial charge is 0.337 e. The molecule has 1 heterocycles. The van der Waals surface area contributed by atoms with Crippen molar-refractivity contribution in [1.29, 1.82) is 0 Å². The molecule has 2 aromatic rings. The van der Waals surface area contributed by atoms with E-state index < -0.39 is 5.97 Å². The summed E-state index contributed by atoms with van der Waals surface area (Å²) in [7, 11) is 1.75. The van der Waals surface area contributed by atoms with Gasteiger partial charge in [-0.05, 0) is 24.9 Å². The van der Waals surface area contributed by atoms with Crippen molar-refractivity contribution in [2.45, 2.75) is 0 Å². The van der Waals surface area contributed by atoms with Gasteiger partial charge in [-0.3, -0.25) is 0 Å². The molecule has 6 nitrogen and oxygen atoms in total. The van der Waals surface area contributed by atoms with Gasteiger partial charge in [0.05, 0.1) is 30.3 Å². The number of hydrogen-bond acceptors (Lipinski definition) is 5. The van der Waals surface area contributed by atoms with Crippen LogP contribution in [-0.4, -0.2) is 29.3 Å². The molecule has 4 N–H and O–H groups in total. The van der Waals surface area contributed by atoms with E-state index in [0.29, 0.717) is 31.2 Å². The third kappa shape index (κ3) is 2.39. The summed E-state index contributed by atoms with van der Waals surface area (Å²) in [5.74, 6) is -0.412. The molecule has 0 amide bonds. The van der Waals surface area contributed by atoms with Gasteiger partial charge in [-0.2, -0.15) is 5.10 Å². The number of benzene rings is 1. The topological polar surface area (TPSA) is 96.2 Å². The molecule has 1 aromatic carbocycles. The van der Waals surface area contributed by atoms with E-state index in [4.69, 9.17) is 16.2 Å². The summed E-state index contributed by atoms with van der Waals surface area (Å²) in [6.45, 7) is 1.98. The molecule has 0 saturated heterocycles. The molecule has 1 unspecified atom stereocenters. The van der Waals surface area contributed by atoms with Crippen LogP contribution in [0.1, 0.15) is 10.4 Å². The number of methoxy groups -OCH3 is 1. The van der Waals surface area contributed by atoms with Gasteiger partial charge in [-0.25, -0.2) is 9.25 Å². The van der Waals surface area contributed by atoms with E-state index in [2.05, 4.69) is 5.10 Å². The van der Waals surface area contributed by atoms with Crippen molar-refractivity contribution >= 4 is 26.1 Å². The van der Waals surface area contributed by atoms with Crippen LogP contribution in [0, 0.1) is 0 Å². The van der Waals surface area contributed by atoms with Gasteiger partial charge < -0.3 is 16.2 Å². The highest BCUT2D eigenvalue weighted by Gasteiger charge is 2.15. The fourth-order valence-electron chi connectivity index (χ4n) is 1.81. The number of ether oxygens (including phenoxy) is 1. The minimum atomic E-state index is -0.412. The number of hydrogen-bond donors (Lipinski definition) is 2. The van der Waals surface area contributed by atoms with Crippen molar-refractivity contribution in [3.8, 4) is 11.3 Å². The zero-order valence-electron chi connectivity index (χ0n) is 10.7. The number of anilines is 2. The van der Waals surface area contributed by atoms with E-state index in [0.717, 1.165) is 5.69 Å². The van der Waals surface area contributed by atoms with Gasteiger partial charge in [0.15, 0.2) is 0 Å². The number of aromatic nitrogens is 2. The number of rotatable bonds is 3. The number of nitrogens with zero attached hydrogens (tertiary/aromatic N) is 2. The molecule has 0 bridgehead atoms. The van der Waals surface area contributed by atoms with Crippen molar-refractivity contribution in [1.82, 2.24) is 9.55 Å². The molecule has 100 valence electrons. The summed E-state index contributed by atoms with van der Waals surface area (Å²) >= 11 is 0. The summed E-state index contributed by atoms with van der Waals surface area (Å²) in [6.07, 6.45) is 1.58. The molecule has 2 rings (SSSR count). The predicted molar refractivity (Wildman–Crippen MR) is 77.5 cm³/mol. The maximum Gasteiger partial charge on any atom is 0.337 e. The van der Waals surface area contributed by atoms with Crippen LogP contribution in [0.15, 0.2) is 24.4 Å². The molecular formula is C12H15N4O2P. The Labute approximate surface area is 112 Å². The summed E-state index contributed by atoms with van der Waals surface area (Å²) in [4.78, 5) is 11.6. The molecular weight excluding hydrogens is 263 g/mol. The van der Waals surface area contributed by atoms with E-state index in [-0.39, 0.29) is 0 Å². The fraction of sp³-hybridized carbons (Fsp3) is 0.167. The highest BCUT2D eigenvalue weighted by molar-refractivity contribution is 7.35. The average molecular weight is 278 g/mol. The van der Waals surface area contributed by atoms with E-state index in [1.165, 1.54) is 7.11 Å². The Balaban J connectivity index is 2.61. The predicted octanol–water partition coefficient (Wildman–Crippen LogP) is 1.57. The number of nitrogen functional groups attached to an aromatic ring is 2. The summed E-state index contributed by atoms with van der Waals surface area (Å²) < 4.78 is 6.47. The van der Waals surface area contributed by atoms with Gasteiger partial charge in [0.25, 0.3) is 0 Å². The Bertz CT molecular complexity index is 624.